The first-order valence-electron chi connectivity index (χ1n) is 7.41. The van der Waals surface area contributed by atoms with E-state index < -0.39 is 0 Å². The molecule has 1 N–H and O–H groups in total. The molecule has 2 aliphatic heterocycles. The van der Waals surface area contributed by atoms with Gasteiger partial charge in [0.1, 0.15) is 11.5 Å². The van der Waals surface area contributed by atoms with E-state index >= 15 is 0 Å². The monoisotopic (exact) mass is 264 g/mol. The van der Waals surface area contributed by atoms with Crippen molar-refractivity contribution in [3.63, 3.8) is 0 Å². The van der Waals surface area contributed by atoms with Gasteiger partial charge >= 0.3 is 0 Å². The molecule has 0 amide bonds. The summed E-state index contributed by atoms with van der Waals surface area (Å²) < 4.78 is 11.7. The lowest BCUT2D eigenvalue weighted by Crippen LogP contribution is -2.41. The van der Waals surface area contributed by atoms with E-state index in [-0.39, 0.29) is 0 Å². The lowest BCUT2D eigenvalue weighted by Gasteiger charge is -2.31. The maximum Gasteiger partial charge on any atom is 0.118 e. The summed E-state index contributed by atoms with van der Waals surface area (Å²) in [6, 6.07) is 2.20. The normalized spacial score (nSPS) is 27.1. The Hall–Kier alpha value is -0.840. The van der Waals surface area contributed by atoms with Crippen LogP contribution in [0.15, 0.2) is 10.5 Å². The number of aryl methyl sites for hydroxylation is 1. The summed E-state index contributed by atoms with van der Waals surface area (Å²) in [4.78, 5) is 2.47. The van der Waals surface area contributed by atoms with Crippen LogP contribution in [0.3, 0.4) is 0 Å². The fraction of sp³-hybridized carbons (Fsp3) is 0.733. The van der Waals surface area contributed by atoms with Gasteiger partial charge in [-0.05, 0) is 32.4 Å². The van der Waals surface area contributed by atoms with Crippen LogP contribution in [0.1, 0.15) is 36.8 Å². The number of rotatable bonds is 5. The molecule has 0 radical (unpaired) electrons. The van der Waals surface area contributed by atoms with Gasteiger partial charge in [-0.25, -0.2) is 0 Å². The molecular formula is C15H24N2O2. The van der Waals surface area contributed by atoms with Crippen molar-refractivity contribution in [3.05, 3.63) is 23.2 Å². The molecule has 106 valence electrons. The van der Waals surface area contributed by atoms with Gasteiger partial charge in [-0.1, -0.05) is 6.92 Å². The molecule has 2 fully saturated rings. The summed E-state index contributed by atoms with van der Waals surface area (Å²) in [5.41, 5.74) is 1.29. The van der Waals surface area contributed by atoms with E-state index in [0.29, 0.717) is 12.2 Å². The van der Waals surface area contributed by atoms with Crippen LogP contribution in [-0.4, -0.2) is 36.7 Å². The minimum absolute atomic E-state index is 0.455. The maximum atomic E-state index is 5.88. The second-order valence-corrected chi connectivity index (χ2v) is 5.73. The lowest BCUT2D eigenvalue weighted by molar-refractivity contribution is -0.0427. The highest BCUT2D eigenvalue weighted by molar-refractivity contribution is 5.20. The largest absolute Gasteiger partial charge is 0.465 e. The SMILES string of the molecule is CCNCc1cc(CN2CC3CCC(C2)O3)oc1C. The van der Waals surface area contributed by atoms with Gasteiger partial charge in [-0.2, -0.15) is 0 Å². The van der Waals surface area contributed by atoms with Crippen LogP contribution in [0.4, 0.5) is 0 Å². The van der Waals surface area contributed by atoms with Crippen molar-refractivity contribution in [1.29, 1.82) is 0 Å². The standard InChI is InChI=1S/C15H24N2O2/c1-3-16-7-12-6-15(18-11(12)2)10-17-8-13-4-5-14(9-17)19-13/h6,13-14,16H,3-5,7-10H2,1-2H3. The number of hydrogen-bond acceptors (Lipinski definition) is 4. The Morgan fingerprint density at radius 1 is 1.32 bits per heavy atom. The van der Waals surface area contributed by atoms with Crippen molar-refractivity contribution in [2.45, 2.75) is 52.0 Å². The van der Waals surface area contributed by atoms with Crippen LogP contribution in [0, 0.1) is 6.92 Å². The number of nitrogens with zero attached hydrogens (tertiary/aromatic N) is 1. The summed E-state index contributed by atoms with van der Waals surface area (Å²) in [5.74, 6) is 2.14. The molecule has 2 saturated heterocycles. The first-order chi connectivity index (χ1) is 9.24. The predicted octanol–water partition coefficient (Wildman–Crippen LogP) is 2.06. The molecule has 2 atom stereocenters. The van der Waals surface area contributed by atoms with Crippen LogP contribution in [0.2, 0.25) is 0 Å². The Morgan fingerprint density at radius 3 is 2.74 bits per heavy atom. The number of hydrogen-bond donors (Lipinski definition) is 1. The zero-order chi connectivity index (χ0) is 13.2. The Labute approximate surface area is 115 Å². The van der Waals surface area contributed by atoms with E-state index in [1.165, 1.54) is 18.4 Å². The molecule has 1 aromatic rings. The fourth-order valence-corrected chi connectivity index (χ4v) is 3.15. The Balaban J connectivity index is 1.60. The smallest absolute Gasteiger partial charge is 0.118 e. The van der Waals surface area contributed by atoms with E-state index in [9.17, 15) is 0 Å². The van der Waals surface area contributed by atoms with Crippen molar-refractivity contribution in [2.75, 3.05) is 19.6 Å². The summed E-state index contributed by atoms with van der Waals surface area (Å²) in [7, 11) is 0. The molecule has 4 heteroatoms. The molecule has 19 heavy (non-hydrogen) atoms. The van der Waals surface area contributed by atoms with Crippen molar-refractivity contribution in [2.24, 2.45) is 0 Å². The molecule has 2 aliphatic rings. The summed E-state index contributed by atoms with van der Waals surface area (Å²) in [6.45, 7) is 9.10. The molecule has 3 heterocycles. The lowest BCUT2D eigenvalue weighted by atomic mass is 10.2. The van der Waals surface area contributed by atoms with Gasteiger partial charge in [0.25, 0.3) is 0 Å². The highest BCUT2D eigenvalue weighted by Gasteiger charge is 2.33. The van der Waals surface area contributed by atoms with Crippen molar-refractivity contribution < 1.29 is 9.15 Å². The number of likely N-dealkylation sites (tertiary alicyclic amines) is 1. The molecule has 4 nitrogen and oxygen atoms in total. The molecule has 0 aromatic carbocycles. The molecule has 0 spiro atoms. The number of furan rings is 1. The van der Waals surface area contributed by atoms with Crippen LogP contribution < -0.4 is 5.32 Å². The van der Waals surface area contributed by atoms with Gasteiger partial charge in [0, 0.05) is 25.2 Å². The van der Waals surface area contributed by atoms with Crippen LogP contribution in [0.25, 0.3) is 0 Å². The quantitative estimate of drug-likeness (QED) is 0.883. The Morgan fingerprint density at radius 2 is 2.05 bits per heavy atom. The highest BCUT2D eigenvalue weighted by Crippen LogP contribution is 2.27. The zero-order valence-electron chi connectivity index (χ0n) is 11.9. The molecule has 1 aromatic heterocycles. The third-order valence-corrected chi connectivity index (χ3v) is 4.14. The van der Waals surface area contributed by atoms with Gasteiger partial charge in [0.15, 0.2) is 0 Å². The van der Waals surface area contributed by atoms with Crippen molar-refractivity contribution in [1.82, 2.24) is 10.2 Å². The van der Waals surface area contributed by atoms with Gasteiger partial charge in [-0.15, -0.1) is 0 Å². The van der Waals surface area contributed by atoms with Crippen molar-refractivity contribution >= 4 is 0 Å². The maximum absolute atomic E-state index is 5.88. The predicted molar refractivity (Wildman–Crippen MR) is 74.0 cm³/mol. The topological polar surface area (TPSA) is 37.6 Å². The van der Waals surface area contributed by atoms with E-state index in [1.54, 1.807) is 0 Å². The van der Waals surface area contributed by atoms with Crippen LogP contribution in [-0.2, 0) is 17.8 Å². The van der Waals surface area contributed by atoms with Crippen molar-refractivity contribution in [3.8, 4) is 0 Å². The number of fused-ring (bicyclic) bond motifs is 2. The number of morpholine rings is 1. The molecule has 2 unspecified atom stereocenters. The first kappa shape index (κ1) is 13.2. The van der Waals surface area contributed by atoms with E-state index in [0.717, 1.165) is 44.2 Å². The number of nitrogens with one attached hydrogen (secondary N) is 1. The zero-order valence-corrected chi connectivity index (χ0v) is 11.9. The van der Waals surface area contributed by atoms with Gasteiger partial charge in [-0.3, -0.25) is 4.90 Å². The van der Waals surface area contributed by atoms with E-state index in [4.69, 9.17) is 9.15 Å². The van der Waals surface area contributed by atoms with Gasteiger partial charge in [0.05, 0.1) is 18.8 Å². The summed E-state index contributed by atoms with van der Waals surface area (Å²) in [6.07, 6.45) is 3.36. The molecular weight excluding hydrogens is 240 g/mol. The third-order valence-electron chi connectivity index (χ3n) is 4.14. The van der Waals surface area contributed by atoms with E-state index in [2.05, 4.69) is 30.1 Å². The minimum atomic E-state index is 0.455. The number of ether oxygens (including phenoxy) is 1. The highest BCUT2D eigenvalue weighted by atomic mass is 16.5. The van der Waals surface area contributed by atoms with E-state index in [1.807, 2.05) is 0 Å². The summed E-state index contributed by atoms with van der Waals surface area (Å²) in [5, 5.41) is 3.35. The average molecular weight is 264 g/mol. The molecule has 0 saturated carbocycles. The van der Waals surface area contributed by atoms with Crippen LogP contribution >= 0.6 is 0 Å². The fourth-order valence-electron chi connectivity index (χ4n) is 3.15. The molecule has 2 bridgehead atoms. The first-order valence-corrected chi connectivity index (χ1v) is 7.41. The second-order valence-electron chi connectivity index (χ2n) is 5.73. The Kier molecular flexibility index (Phi) is 3.91. The average Bonchev–Trinajstić information content (AvgIpc) is 2.90. The minimum Gasteiger partial charge on any atom is -0.465 e. The second kappa shape index (κ2) is 5.65. The van der Waals surface area contributed by atoms with Gasteiger partial charge < -0.3 is 14.5 Å². The third kappa shape index (κ3) is 3.02. The molecule has 0 aliphatic carbocycles. The Bertz CT molecular complexity index is 418. The van der Waals surface area contributed by atoms with Gasteiger partial charge in [0.2, 0.25) is 0 Å². The molecule has 3 rings (SSSR count). The van der Waals surface area contributed by atoms with Crippen LogP contribution in [0.5, 0.6) is 0 Å². The summed E-state index contributed by atoms with van der Waals surface area (Å²) >= 11 is 0.